The van der Waals surface area contributed by atoms with E-state index in [-0.39, 0.29) is 37.5 Å². The summed E-state index contributed by atoms with van der Waals surface area (Å²) in [6, 6.07) is 11.9. The molecule has 0 spiro atoms. The molecule has 1 aliphatic rings. The second-order valence-electron chi connectivity index (χ2n) is 6.79. The number of rotatable bonds is 9. The van der Waals surface area contributed by atoms with Gasteiger partial charge in [0.05, 0.1) is 12.8 Å². The molecule has 9 nitrogen and oxygen atoms in total. The topological polar surface area (TPSA) is 106 Å². The van der Waals surface area contributed by atoms with Gasteiger partial charge in [-0.25, -0.2) is 0 Å². The van der Waals surface area contributed by atoms with Crippen molar-refractivity contribution in [2.45, 2.75) is 13.3 Å². The number of carbonyl (C=O) groups is 3. The third kappa shape index (κ3) is 5.65. The molecule has 1 aliphatic heterocycles. The van der Waals surface area contributed by atoms with Crippen molar-refractivity contribution in [2.75, 3.05) is 43.6 Å². The van der Waals surface area contributed by atoms with Gasteiger partial charge in [-0.3, -0.25) is 19.3 Å². The van der Waals surface area contributed by atoms with Crippen molar-refractivity contribution in [2.24, 2.45) is 0 Å². The summed E-state index contributed by atoms with van der Waals surface area (Å²) < 4.78 is 16.2. The van der Waals surface area contributed by atoms with Crippen LogP contribution >= 0.6 is 0 Å². The molecule has 164 valence electrons. The summed E-state index contributed by atoms with van der Waals surface area (Å²) in [5.74, 6) is 0.461. The molecule has 0 radical (unpaired) electrons. The van der Waals surface area contributed by atoms with Gasteiger partial charge in [-0.15, -0.1) is 0 Å². The molecule has 0 aliphatic carbocycles. The molecule has 0 aromatic heterocycles. The lowest BCUT2D eigenvalue weighted by molar-refractivity contribution is -0.125. The summed E-state index contributed by atoms with van der Waals surface area (Å²) in [6.07, 6.45) is 0.798. The Morgan fingerprint density at radius 3 is 2.65 bits per heavy atom. The van der Waals surface area contributed by atoms with Crippen LogP contribution in [0.4, 0.5) is 11.4 Å². The Balaban J connectivity index is 1.67. The molecule has 0 bridgehead atoms. The first-order chi connectivity index (χ1) is 15.0. The molecule has 0 fully saturated rings. The van der Waals surface area contributed by atoms with E-state index in [2.05, 4.69) is 10.6 Å². The van der Waals surface area contributed by atoms with E-state index >= 15 is 0 Å². The van der Waals surface area contributed by atoms with Crippen LogP contribution in [-0.4, -0.2) is 51.1 Å². The quantitative estimate of drug-likeness (QED) is 0.634. The summed E-state index contributed by atoms with van der Waals surface area (Å²) in [5, 5.41) is 5.47. The Hall–Kier alpha value is -3.75. The van der Waals surface area contributed by atoms with Crippen LogP contribution in [0.2, 0.25) is 0 Å². The Bertz CT molecular complexity index is 962. The van der Waals surface area contributed by atoms with E-state index in [1.165, 1.54) is 12.0 Å². The molecule has 0 saturated heterocycles. The zero-order valence-electron chi connectivity index (χ0n) is 17.5. The lowest BCUT2D eigenvalue weighted by Gasteiger charge is -2.29. The van der Waals surface area contributed by atoms with Crippen molar-refractivity contribution in [3.05, 3.63) is 42.5 Å². The normalized spacial score (nSPS) is 12.5. The summed E-state index contributed by atoms with van der Waals surface area (Å²) in [6.45, 7) is 1.99. The summed E-state index contributed by atoms with van der Waals surface area (Å²) in [4.78, 5) is 38.1. The average Bonchev–Trinajstić information content (AvgIpc) is 2.78. The largest absolute Gasteiger partial charge is 0.493 e. The van der Waals surface area contributed by atoms with E-state index in [4.69, 9.17) is 14.2 Å². The minimum absolute atomic E-state index is 0.122. The van der Waals surface area contributed by atoms with Crippen LogP contribution < -0.4 is 29.7 Å². The number of fused-ring (bicyclic) bond motifs is 1. The van der Waals surface area contributed by atoms with E-state index in [1.807, 2.05) is 6.92 Å². The average molecular weight is 427 g/mol. The zero-order valence-corrected chi connectivity index (χ0v) is 17.5. The SMILES string of the molecule is CCCNC(=O)CN1C(=O)COc2ccc(NC(=O)COc3ccccc3OC)cc21. The highest BCUT2D eigenvalue weighted by Gasteiger charge is 2.27. The van der Waals surface area contributed by atoms with Gasteiger partial charge >= 0.3 is 0 Å². The van der Waals surface area contributed by atoms with Gasteiger partial charge in [-0.05, 0) is 36.8 Å². The number of para-hydroxylation sites is 2. The highest BCUT2D eigenvalue weighted by molar-refractivity contribution is 6.03. The van der Waals surface area contributed by atoms with E-state index in [0.29, 0.717) is 35.2 Å². The Morgan fingerprint density at radius 1 is 1.13 bits per heavy atom. The highest BCUT2D eigenvalue weighted by Crippen LogP contribution is 2.34. The number of anilines is 2. The first kappa shape index (κ1) is 21.9. The van der Waals surface area contributed by atoms with Gasteiger partial charge in [-0.2, -0.15) is 0 Å². The predicted molar refractivity (Wildman–Crippen MR) is 115 cm³/mol. The number of carbonyl (C=O) groups excluding carboxylic acids is 3. The zero-order chi connectivity index (χ0) is 22.2. The van der Waals surface area contributed by atoms with Crippen LogP contribution in [0.5, 0.6) is 17.2 Å². The van der Waals surface area contributed by atoms with E-state index in [0.717, 1.165) is 6.42 Å². The maximum atomic E-state index is 12.3. The summed E-state index contributed by atoms with van der Waals surface area (Å²) in [5.41, 5.74) is 0.871. The highest BCUT2D eigenvalue weighted by atomic mass is 16.5. The third-order valence-corrected chi connectivity index (χ3v) is 4.49. The van der Waals surface area contributed by atoms with Crippen LogP contribution in [0, 0.1) is 0 Å². The van der Waals surface area contributed by atoms with Gasteiger partial charge < -0.3 is 24.8 Å². The van der Waals surface area contributed by atoms with E-state index in [9.17, 15) is 14.4 Å². The molecule has 0 atom stereocenters. The number of amides is 3. The molecule has 2 aromatic rings. The molecule has 2 aromatic carbocycles. The Morgan fingerprint density at radius 2 is 1.90 bits per heavy atom. The number of nitrogens with zero attached hydrogens (tertiary/aromatic N) is 1. The van der Waals surface area contributed by atoms with Crippen LogP contribution in [0.1, 0.15) is 13.3 Å². The fourth-order valence-corrected chi connectivity index (χ4v) is 3.00. The lowest BCUT2D eigenvalue weighted by atomic mass is 10.2. The first-order valence-corrected chi connectivity index (χ1v) is 9.91. The number of nitrogens with one attached hydrogen (secondary N) is 2. The smallest absolute Gasteiger partial charge is 0.265 e. The summed E-state index contributed by atoms with van der Waals surface area (Å²) >= 11 is 0. The number of benzene rings is 2. The van der Waals surface area contributed by atoms with Crippen molar-refractivity contribution in [3.8, 4) is 17.2 Å². The third-order valence-electron chi connectivity index (χ3n) is 4.49. The van der Waals surface area contributed by atoms with E-state index < -0.39 is 0 Å². The molecular weight excluding hydrogens is 402 g/mol. The fraction of sp³-hybridized carbons (Fsp3) is 0.318. The maximum absolute atomic E-state index is 12.3. The van der Waals surface area contributed by atoms with Gasteiger partial charge in [0.2, 0.25) is 5.91 Å². The second kappa shape index (κ2) is 10.3. The van der Waals surface area contributed by atoms with Gasteiger partial charge in [0, 0.05) is 12.2 Å². The standard InChI is InChI=1S/C22H25N3O6/c1-3-10-23-20(26)12-25-16-11-15(8-9-17(16)31-14-22(25)28)24-21(27)13-30-19-7-5-4-6-18(19)29-2/h4-9,11H,3,10,12-14H2,1-2H3,(H,23,26)(H,24,27). The number of hydrogen-bond donors (Lipinski definition) is 2. The number of ether oxygens (including phenoxy) is 3. The Labute approximate surface area is 180 Å². The van der Waals surface area contributed by atoms with Crippen molar-refractivity contribution in [1.82, 2.24) is 5.32 Å². The predicted octanol–water partition coefficient (Wildman–Crippen LogP) is 1.96. The van der Waals surface area contributed by atoms with Crippen LogP contribution in [0.25, 0.3) is 0 Å². The molecule has 31 heavy (non-hydrogen) atoms. The van der Waals surface area contributed by atoms with Crippen molar-refractivity contribution < 1.29 is 28.6 Å². The molecule has 0 saturated carbocycles. The molecule has 9 heteroatoms. The Kier molecular flexibility index (Phi) is 7.31. The van der Waals surface area contributed by atoms with Gasteiger partial charge in [-0.1, -0.05) is 19.1 Å². The van der Waals surface area contributed by atoms with Crippen molar-refractivity contribution in [3.63, 3.8) is 0 Å². The van der Waals surface area contributed by atoms with Crippen LogP contribution in [-0.2, 0) is 14.4 Å². The molecule has 3 amide bonds. The minimum atomic E-state index is -0.388. The summed E-state index contributed by atoms with van der Waals surface area (Å²) in [7, 11) is 1.52. The second-order valence-corrected chi connectivity index (χ2v) is 6.79. The fourth-order valence-electron chi connectivity index (χ4n) is 3.00. The maximum Gasteiger partial charge on any atom is 0.265 e. The van der Waals surface area contributed by atoms with Crippen LogP contribution in [0.15, 0.2) is 42.5 Å². The lowest BCUT2D eigenvalue weighted by Crippen LogP contribution is -2.45. The number of methoxy groups -OCH3 is 1. The molecular formula is C22H25N3O6. The van der Waals surface area contributed by atoms with E-state index in [1.54, 1.807) is 42.5 Å². The molecule has 3 rings (SSSR count). The monoisotopic (exact) mass is 427 g/mol. The molecule has 1 heterocycles. The van der Waals surface area contributed by atoms with Crippen molar-refractivity contribution >= 4 is 29.1 Å². The minimum Gasteiger partial charge on any atom is -0.493 e. The molecule has 2 N–H and O–H groups in total. The van der Waals surface area contributed by atoms with Crippen molar-refractivity contribution in [1.29, 1.82) is 0 Å². The van der Waals surface area contributed by atoms with Gasteiger partial charge in [0.15, 0.2) is 24.7 Å². The van der Waals surface area contributed by atoms with Gasteiger partial charge in [0.1, 0.15) is 12.3 Å². The first-order valence-electron chi connectivity index (χ1n) is 9.91. The van der Waals surface area contributed by atoms with Crippen LogP contribution in [0.3, 0.4) is 0 Å². The molecule has 0 unspecified atom stereocenters. The number of hydrogen-bond acceptors (Lipinski definition) is 6. The van der Waals surface area contributed by atoms with Gasteiger partial charge in [0.25, 0.3) is 11.8 Å².